The van der Waals surface area contributed by atoms with E-state index >= 15 is 0 Å². The molecule has 0 N–H and O–H groups in total. The maximum absolute atomic E-state index is 12.2. The number of rotatable bonds is 3. The Morgan fingerprint density at radius 2 is 1.85 bits per heavy atom. The second kappa shape index (κ2) is 7.19. The quantitative estimate of drug-likeness (QED) is 0.569. The van der Waals surface area contributed by atoms with Gasteiger partial charge in [-0.05, 0) is 49.6 Å². The van der Waals surface area contributed by atoms with Crippen molar-refractivity contribution in [1.29, 1.82) is 0 Å². The number of nitrogens with zero attached hydrogens (tertiary/aromatic N) is 1. The predicted octanol–water partition coefficient (Wildman–Crippen LogP) is 5.11. The van der Waals surface area contributed by atoms with E-state index in [1.165, 1.54) is 5.56 Å². The third kappa shape index (κ3) is 3.45. The predicted molar refractivity (Wildman–Crippen MR) is 108 cm³/mol. The van der Waals surface area contributed by atoms with Gasteiger partial charge in [-0.25, -0.2) is 4.79 Å². The van der Waals surface area contributed by atoms with Gasteiger partial charge in [0, 0.05) is 29.1 Å². The Bertz CT molecular complexity index is 1070. The van der Waals surface area contributed by atoms with Gasteiger partial charge in [-0.3, -0.25) is 4.90 Å². The number of hydrogen-bond donors (Lipinski definition) is 0. The molecule has 0 amide bonds. The molecular weight excluding hydrogens is 385 g/mol. The molecule has 140 valence electrons. The van der Waals surface area contributed by atoms with Crippen molar-refractivity contribution in [2.75, 3.05) is 13.3 Å². The average Bonchev–Trinajstić information content (AvgIpc) is 2.67. The number of ether oxygens (including phenoxy) is 1. The molecule has 0 saturated heterocycles. The van der Waals surface area contributed by atoms with Crippen LogP contribution in [0, 0.1) is 13.8 Å². The van der Waals surface area contributed by atoms with Gasteiger partial charge < -0.3 is 9.15 Å². The van der Waals surface area contributed by atoms with E-state index in [9.17, 15) is 4.79 Å². The van der Waals surface area contributed by atoms with E-state index in [-0.39, 0.29) is 5.63 Å². The smallest absolute Gasteiger partial charge is 0.339 e. The average molecular weight is 404 g/mol. The van der Waals surface area contributed by atoms with Crippen LogP contribution < -0.4 is 10.4 Å². The maximum Gasteiger partial charge on any atom is 0.339 e. The van der Waals surface area contributed by atoms with Crippen LogP contribution in [0.15, 0.2) is 39.5 Å². The fourth-order valence-electron chi connectivity index (χ4n) is 3.39. The Balaban J connectivity index is 1.65. The van der Waals surface area contributed by atoms with E-state index in [0.29, 0.717) is 35.2 Å². The molecule has 0 fully saturated rings. The van der Waals surface area contributed by atoms with Gasteiger partial charge in [-0.1, -0.05) is 35.3 Å². The van der Waals surface area contributed by atoms with E-state index in [0.717, 1.165) is 34.5 Å². The van der Waals surface area contributed by atoms with E-state index in [1.807, 2.05) is 37.3 Å². The molecule has 2 aromatic carbocycles. The number of fused-ring (bicyclic) bond motifs is 3. The summed E-state index contributed by atoms with van der Waals surface area (Å²) in [4.78, 5) is 14.3. The summed E-state index contributed by atoms with van der Waals surface area (Å²) in [5.74, 6) is 0.610. The van der Waals surface area contributed by atoms with E-state index in [1.54, 1.807) is 6.92 Å². The molecule has 1 aromatic heterocycles. The highest BCUT2D eigenvalue weighted by molar-refractivity contribution is 6.33. The van der Waals surface area contributed by atoms with Crippen LogP contribution in [0.5, 0.6) is 5.75 Å². The first kappa shape index (κ1) is 18.4. The minimum absolute atomic E-state index is 0.317. The zero-order chi connectivity index (χ0) is 19.1. The molecule has 0 radical (unpaired) electrons. The van der Waals surface area contributed by atoms with Gasteiger partial charge in [0.15, 0.2) is 0 Å². The van der Waals surface area contributed by atoms with E-state index in [2.05, 4.69) is 4.90 Å². The van der Waals surface area contributed by atoms with Crippen LogP contribution in [-0.2, 0) is 13.0 Å². The molecule has 0 spiro atoms. The molecule has 2 heterocycles. The first-order valence-electron chi connectivity index (χ1n) is 8.79. The minimum atomic E-state index is -0.317. The molecule has 0 bridgehead atoms. The molecule has 4 rings (SSSR count). The molecule has 1 aliphatic rings. The summed E-state index contributed by atoms with van der Waals surface area (Å²) in [5, 5.41) is 2.14. The number of halogens is 2. The summed E-state index contributed by atoms with van der Waals surface area (Å²) in [6.07, 6.45) is 0.871. The van der Waals surface area contributed by atoms with Gasteiger partial charge >= 0.3 is 5.63 Å². The Labute approximate surface area is 167 Å². The zero-order valence-corrected chi connectivity index (χ0v) is 16.7. The molecule has 6 heteroatoms. The van der Waals surface area contributed by atoms with Crippen LogP contribution in [-0.4, -0.2) is 18.2 Å². The maximum atomic E-state index is 12.2. The first-order chi connectivity index (χ1) is 12.9. The summed E-state index contributed by atoms with van der Waals surface area (Å²) in [6.45, 7) is 5.55. The summed E-state index contributed by atoms with van der Waals surface area (Å²) in [7, 11) is 0. The zero-order valence-electron chi connectivity index (χ0n) is 15.1. The summed E-state index contributed by atoms with van der Waals surface area (Å²) < 4.78 is 11.5. The number of aryl methyl sites for hydroxylation is 1. The Morgan fingerprint density at radius 1 is 1.11 bits per heavy atom. The Kier molecular flexibility index (Phi) is 4.89. The minimum Gasteiger partial charge on any atom is -0.476 e. The van der Waals surface area contributed by atoms with Crippen molar-refractivity contribution in [3.05, 3.63) is 73.1 Å². The van der Waals surface area contributed by atoms with Gasteiger partial charge in [-0.2, -0.15) is 0 Å². The van der Waals surface area contributed by atoms with Crippen LogP contribution in [0.3, 0.4) is 0 Å². The van der Waals surface area contributed by atoms with Crippen molar-refractivity contribution in [2.24, 2.45) is 0 Å². The Hall–Kier alpha value is -2.01. The lowest BCUT2D eigenvalue weighted by Gasteiger charge is -2.30. The van der Waals surface area contributed by atoms with Crippen LogP contribution in [0.4, 0.5) is 0 Å². The van der Waals surface area contributed by atoms with Crippen molar-refractivity contribution in [1.82, 2.24) is 4.90 Å². The molecule has 0 unspecified atom stereocenters. The van der Waals surface area contributed by atoms with Gasteiger partial charge in [-0.15, -0.1) is 0 Å². The highest BCUT2D eigenvalue weighted by atomic mass is 35.5. The summed E-state index contributed by atoms with van der Waals surface area (Å²) in [5.41, 5.74) is 3.79. The van der Waals surface area contributed by atoms with Gasteiger partial charge in [0.25, 0.3) is 0 Å². The highest BCUT2D eigenvalue weighted by Gasteiger charge is 2.25. The van der Waals surface area contributed by atoms with Crippen molar-refractivity contribution in [3.63, 3.8) is 0 Å². The molecule has 27 heavy (non-hydrogen) atoms. The molecule has 0 atom stereocenters. The summed E-state index contributed by atoms with van der Waals surface area (Å²) >= 11 is 12.4. The fraction of sp³-hybridized carbons (Fsp3) is 0.286. The lowest BCUT2D eigenvalue weighted by Crippen LogP contribution is -2.34. The van der Waals surface area contributed by atoms with Gasteiger partial charge in [0.1, 0.15) is 18.1 Å². The molecule has 4 nitrogen and oxygen atoms in total. The van der Waals surface area contributed by atoms with E-state index in [4.69, 9.17) is 32.4 Å². The van der Waals surface area contributed by atoms with Crippen molar-refractivity contribution in [3.8, 4) is 5.75 Å². The topological polar surface area (TPSA) is 42.7 Å². The monoisotopic (exact) mass is 403 g/mol. The number of benzene rings is 2. The molecule has 0 aliphatic carbocycles. The van der Waals surface area contributed by atoms with Crippen molar-refractivity contribution < 1.29 is 9.15 Å². The SMILES string of the molecule is Cc1c(C)c2cc(Cl)c3c(c2oc1=O)CN(CCc1ccc(Cl)cc1)CO3. The third-order valence-electron chi connectivity index (χ3n) is 5.15. The largest absolute Gasteiger partial charge is 0.476 e. The third-order valence-corrected chi connectivity index (χ3v) is 5.68. The lowest BCUT2D eigenvalue weighted by molar-refractivity contribution is 0.0969. The van der Waals surface area contributed by atoms with Crippen molar-refractivity contribution in [2.45, 2.75) is 26.8 Å². The van der Waals surface area contributed by atoms with Gasteiger partial charge in [0.2, 0.25) is 0 Å². The van der Waals surface area contributed by atoms with Crippen LogP contribution in [0.25, 0.3) is 11.0 Å². The highest BCUT2D eigenvalue weighted by Crippen LogP contribution is 2.39. The van der Waals surface area contributed by atoms with E-state index < -0.39 is 0 Å². The second-order valence-electron chi connectivity index (χ2n) is 6.88. The normalized spacial score (nSPS) is 14.2. The molecule has 1 aliphatic heterocycles. The first-order valence-corrected chi connectivity index (χ1v) is 9.54. The molecular formula is C21H19Cl2NO3. The summed E-state index contributed by atoms with van der Waals surface area (Å²) in [6, 6.07) is 9.67. The van der Waals surface area contributed by atoms with Gasteiger partial charge in [0.05, 0.1) is 10.6 Å². The Morgan fingerprint density at radius 3 is 2.59 bits per heavy atom. The molecule has 0 saturated carbocycles. The molecule has 3 aromatic rings. The lowest BCUT2D eigenvalue weighted by atomic mass is 10.0. The fourth-order valence-corrected chi connectivity index (χ4v) is 3.80. The second-order valence-corrected chi connectivity index (χ2v) is 7.73. The van der Waals surface area contributed by atoms with Crippen LogP contribution >= 0.6 is 23.2 Å². The van der Waals surface area contributed by atoms with Crippen molar-refractivity contribution >= 4 is 34.2 Å². The van der Waals surface area contributed by atoms with Crippen LogP contribution in [0.1, 0.15) is 22.3 Å². The standard InChI is InChI=1S/C21H19Cl2NO3/c1-12-13(2)21(25)27-19-16(12)9-18(23)20-17(19)10-24(11-26-20)8-7-14-3-5-15(22)6-4-14/h3-6,9H,7-8,10-11H2,1-2H3. The number of hydrogen-bond acceptors (Lipinski definition) is 4. The van der Waals surface area contributed by atoms with Crippen LogP contribution in [0.2, 0.25) is 10.0 Å².